The Morgan fingerprint density at radius 2 is 1.96 bits per heavy atom. The second-order valence-electron chi connectivity index (χ2n) is 7.16. The molecule has 0 aromatic carbocycles. The summed E-state index contributed by atoms with van der Waals surface area (Å²) in [6.45, 7) is 2.13. The van der Waals surface area contributed by atoms with Crippen molar-refractivity contribution in [3.05, 3.63) is 24.3 Å². The van der Waals surface area contributed by atoms with E-state index in [0.717, 1.165) is 51.4 Å². The Labute approximate surface area is 162 Å². The Kier molecular flexibility index (Phi) is 12.7. The van der Waals surface area contributed by atoms with Crippen molar-refractivity contribution in [2.24, 2.45) is 11.8 Å². The molecule has 4 nitrogen and oxygen atoms in total. The first-order chi connectivity index (χ1) is 13.1. The van der Waals surface area contributed by atoms with Gasteiger partial charge in [-0.3, -0.25) is 4.79 Å². The lowest BCUT2D eigenvalue weighted by molar-refractivity contribution is -0.149. The van der Waals surface area contributed by atoms with Gasteiger partial charge in [0, 0.05) is 18.4 Å². The number of ether oxygens (including phenoxy) is 1. The first-order valence-electron chi connectivity index (χ1n) is 10.4. The highest BCUT2D eigenvalue weighted by Gasteiger charge is 2.27. The van der Waals surface area contributed by atoms with Crippen LogP contribution in [0.15, 0.2) is 24.3 Å². The number of aliphatic hydroxyl groups is 1. The highest BCUT2D eigenvalue weighted by Crippen LogP contribution is 2.29. The molecule has 154 valence electrons. The molecule has 5 heteroatoms. The van der Waals surface area contributed by atoms with Crippen molar-refractivity contribution in [3.63, 3.8) is 0 Å². The number of unbranched alkanes of at least 4 members (excludes halogenated alkanes) is 6. The summed E-state index contributed by atoms with van der Waals surface area (Å²) in [5.41, 5.74) is 0. The standard InChI is InChI=1S/C22H35FO4/c1-2-27-22(26)20(23)14-10-7-9-13-19-18(15-16-21(19)25)12-8-5-3-4-6-11-17-24/h8,12,15-16,18-20,24H,2-7,9-11,13-14,17H2,1H3/b12-8+/t18-,19+,20?/m0/s1. The van der Waals surface area contributed by atoms with Gasteiger partial charge in [-0.25, -0.2) is 9.18 Å². The number of carbonyl (C=O) groups is 2. The maximum Gasteiger partial charge on any atom is 0.340 e. The lowest BCUT2D eigenvalue weighted by Gasteiger charge is -2.15. The van der Waals surface area contributed by atoms with E-state index in [1.165, 1.54) is 0 Å². The van der Waals surface area contributed by atoms with Crippen LogP contribution in [0, 0.1) is 11.8 Å². The number of alkyl halides is 1. The third kappa shape index (κ3) is 9.85. The fourth-order valence-electron chi connectivity index (χ4n) is 3.38. The molecular formula is C22H35FO4. The van der Waals surface area contributed by atoms with E-state index in [1.54, 1.807) is 13.0 Å². The van der Waals surface area contributed by atoms with Crippen LogP contribution in [0.2, 0.25) is 0 Å². The van der Waals surface area contributed by atoms with Gasteiger partial charge in [0.05, 0.1) is 6.61 Å². The van der Waals surface area contributed by atoms with Crippen molar-refractivity contribution in [1.29, 1.82) is 0 Å². The summed E-state index contributed by atoms with van der Waals surface area (Å²) < 4.78 is 18.2. The predicted octanol–water partition coefficient (Wildman–Crippen LogP) is 4.71. The number of hydrogen-bond donors (Lipinski definition) is 1. The van der Waals surface area contributed by atoms with Gasteiger partial charge in [0.25, 0.3) is 0 Å². The molecule has 0 aromatic rings. The number of aliphatic hydroxyl groups excluding tert-OH is 1. The molecule has 1 rings (SSSR count). The molecule has 0 radical (unpaired) electrons. The molecule has 1 aliphatic carbocycles. The van der Waals surface area contributed by atoms with E-state index in [9.17, 15) is 14.0 Å². The highest BCUT2D eigenvalue weighted by atomic mass is 19.1. The summed E-state index contributed by atoms with van der Waals surface area (Å²) in [6, 6.07) is 0. The highest BCUT2D eigenvalue weighted by molar-refractivity contribution is 5.94. The molecule has 27 heavy (non-hydrogen) atoms. The SMILES string of the molecule is CCOC(=O)C(F)CCCCC[C@H]1C(=O)C=C[C@@H]1/C=C/CCCCCCO. The summed E-state index contributed by atoms with van der Waals surface area (Å²) >= 11 is 0. The van der Waals surface area contributed by atoms with Crippen molar-refractivity contribution < 1.29 is 23.8 Å². The smallest absolute Gasteiger partial charge is 0.340 e. The van der Waals surface area contributed by atoms with Gasteiger partial charge in [0.1, 0.15) is 0 Å². The number of carbonyl (C=O) groups excluding carboxylic acids is 2. The van der Waals surface area contributed by atoms with Crippen LogP contribution in [-0.4, -0.2) is 36.2 Å². The van der Waals surface area contributed by atoms with E-state index in [4.69, 9.17) is 5.11 Å². The second-order valence-corrected chi connectivity index (χ2v) is 7.16. The first kappa shape index (κ1) is 23.5. The number of allylic oxidation sites excluding steroid dienone is 4. The predicted molar refractivity (Wildman–Crippen MR) is 105 cm³/mol. The minimum Gasteiger partial charge on any atom is -0.464 e. The molecule has 1 aliphatic rings. The number of halogens is 1. The Balaban J connectivity index is 2.20. The van der Waals surface area contributed by atoms with E-state index in [-0.39, 0.29) is 37.3 Å². The Morgan fingerprint density at radius 1 is 1.22 bits per heavy atom. The Morgan fingerprint density at radius 3 is 2.70 bits per heavy atom. The zero-order valence-corrected chi connectivity index (χ0v) is 16.6. The van der Waals surface area contributed by atoms with Crippen LogP contribution < -0.4 is 0 Å². The fraction of sp³-hybridized carbons (Fsp3) is 0.727. The molecule has 0 aliphatic heterocycles. The Bertz CT molecular complexity index is 487. The van der Waals surface area contributed by atoms with E-state index in [0.29, 0.717) is 6.42 Å². The van der Waals surface area contributed by atoms with Crippen LogP contribution in [0.4, 0.5) is 4.39 Å². The summed E-state index contributed by atoms with van der Waals surface area (Å²) in [6.07, 6.45) is 14.9. The number of ketones is 1. The van der Waals surface area contributed by atoms with Gasteiger partial charge in [-0.1, -0.05) is 43.9 Å². The van der Waals surface area contributed by atoms with E-state index in [1.807, 2.05) is 6.08 Å². The summed E-state index contributed by atoms with van der Waals surface area (Å²) in [4.78, 5) is 23.3. The van der Waals surface area contributed by atoms with E-state index >= 15 is 0 Å². The molecule has 0 spiro atoms. The maximum atomic E-state index is 13.5. The van der Waals surface area contributed by atoms with Crippen LogP contribution in [0.3, 0.4) is 0 Å². The monoisotopic (exact) mass is 382 g/mol. The lowest BCUT2D eigenvalue weighted by Crippen LogP contribution is -2.18. The fourth-order valence-corrected chi connectivity index (χ4v) is 3.38. The van der Waals surface area contributed by atoms with Crippen molar-refractivity contribution in [2.45, 2.75) is 77.3 Å². The van der Waals surface area contributed by atoms with Gasteiger partial charge < -0.3 is 9.84 Å². The summed E-state index contributed by atoms with van der Waals surface area (Å²) in [5, 5.41) is 8.75. The topological polar surface area (TPSA) is 63.6 Å². The zero-order chi connectivity index (χ0) is 19.9. The summed E-state index contributed by atoms with van der Waals surface area (Å²) in [5.74, 6) is -0.415. The maximum absolute atomic E-state index is 13.5. The summed E-state index contributed by atoms with van der Waals surface area (Å²) in [7, 11) is 0. The molecule has 0 amide bonds. The number of esters is 1. The largest absolute Gasteiger partial charge is 0.464 e. The first-order valence-corrected chi connectivity index (χ1v) is 10.4. The number of hydrogen-bond acceptors (Lipinski definition) is 4. The van der Waals surface area contributed by atoms with Gasteiger partial charge in [-0.2, -0.15) is 0 Å². The molecule has 1 N–H and O–H groups in total. The van der Waals surface area contributed by atoms with Gasteiger partial charge in [-0.05, 0) is 51.5 Å². The average molecular weight is 383 g/mol. The van der Waals surface area contributed by atoms with Crippen LogP contribution in [0.25, 0.3) is 0 Å². The molecule has 0 fully saturated rings. The molecule has 1 unspecified atom stereocenters. The van der Waals surface area contributed by atoms with Crippen molar-refractivity contribution in [1.82, 2.24) is 0 Å². The minimum absolute atomic E-state index is 0.00173. The molecule has 0 saturated heterocycles. The number of rotatable bonds is 15. The molecule has 0 heterocycles. The zero-order valence-electron chi connectivity index (χ0n) is 16.6. The third-order valence-electron chi connectivity index (χ3n) is 4.97. The van der Waals surface area contributed by atoms with Gasteiger partial charge in [-0.15, -0.1) is 0 Å². The quantitative estimate of drug-likeness (QED) is 0.253. The van der Waals surface area contributed by atoms with Gasteiger partial charge >= 0.3 is 5.97 Å². The van der Waals surface area contributed by atoms with Gasteiger partial charge in [0.15, 0.2) is 12.0 Å². The Hall–Kier alpha value is -1.49. The van der Waals surface area contributed by atoms with Crippen LogP contribution >= 0.6 is 0 Å². The van der Waals surface area contributed by atoms with Crippen molar-refractivity contribution in [2.75, 3.05) is 13.2 Å². The van der Waals surface area contributed by atoms with Crippen molar-refractivity contribution in [3.8, 4) is 0 Å². The second kappa shape index (κ2) is 14.6. The van der Waals surface area contributed by atoms with Crippen LogP contribution in [0.1, 0.15) is 71.1 Å². The normalized spacial score (nSPS) is 20.5. The van der Waals surface area contributed by atoms with Crippen LogP contribution in [-0.2, 0) is 14.3 Å². The molecule has 0 bridgehead atoms. The van der Waals surface area contributed by atoms with Gasteiger partial charge in [0.2, 0.25) is 0 Å². The van der Waals surface area contributed by atoms with E-state index < -0.39 is 12.1 Å². The average Bonchev–Trinajstić information content (AvgIpc) is 3.00. The molecule has 0 saturated carbocycles. The van der Waals surface area contributed by atoms with Crippen molar-refractivity contribution >= 4 is 11.8 Å². The third-order valence-corrected chi connectivity index (χ3v) is 4.97. The minimum atomic E-state index is -1.53. The molecule has 3 atom stereocenters. The molecule has 0 aromatic heterocycles. The molecular weight excluding hydrogens is 347 g/mol. The lowest BCUT2D eigenvalue weighted by atomic mass is 9.88. The van der Waals surface area contributed by atoms with Crippen LogP contribution in [0.5, 0.6) is 0 Å². The van der Waals surface area contributed by atoms with E-state index in [2.05, 4.69) is 16.9 Å².